The molecule has 1 aliphatic heterocycles. The monoisotopic (exact) mass is 443 g/mol. The highest BCUT2D eigenvalue weighted by Gasteiger charge is 2.47. The molecule has 164 valence electrons. The summed E-state index contributed by atoms with van der Waals surface area (Å²) in [6, 6.07) is 11.1. The number of benzene rings is 2. The van der Waals surface area contributed by atoms with Crippen molar-refractivity contribution in [2.24, 2.45) is 0 Å². The van der Waals surface area contributed by atoms with Crippen LogP contribution < -0.4 is 9.47 Å². The Hall–Kier alpha value is -2.99. The number of hydrogen-bond acceptors (Lipinski definition) is 5. The van der Waals surface area contributed by atoms with Gasteiger partial charge in [0.2, 0.25) is 0 Å². The molecule has 2 aromatic carbocycles. The molecule has 6 nitrogen and oxygen atoms in total. The molecule has 0 spiro atoms. The van der Waals surface area contributed by atoms with Gasteiger partial charge in [-0.2, -0.15) is 0 Å². The lowest BCUT2D eigenvalue weighted by Gasteiger charge is -2.26. The third-order valence-electron chi connectivity index (χ3n) is 5.39. The van der Waals surface area contributed by atoms with Crippen LogP contribution in [0.2, 0.25) is 5.02 Å². The van der Waals surface area contributed by atoms with Crippen molar-refractivity contribution >= 4 is 29.1 Å². The zero-order valence-electron chi connectivity index (χ0n) is 17.9. The Morgan fingerprint density at radius 1 is 1.06 bits per heavy atom. The van der Waals surface area contributed by atoms with Crippen LogP contribution in [0.4, 0.5) is 0 Å². The summed E-state index contributed by atoms with van der Waals surface area (Å²) in [6.07, 6.45) is 2.64. The molecule has 2 aromatic rings. The molecule has 3 rings (SSSR count). The van der Waals surface area contributed by atoms with Gasteiger partial charge in [-0.05, 0) is 30.7 Å². The highest BCUT2D eigenvalue weighted by Crippen LogP contribution is 2.44. The van der Waals surface area contributed by atoms with Crippen LogP contribution in [0.3, 0.4) is 0 Å². The third-order valence-corrected chi connectivity index (χ3v) is 5.63. The number of methoxy groups -OCH3 is 2. The van der Waals surface area contributed by atoms with Gasteiger partial charge >= 0.3 is 0 Å². The van der Waals surface area contributed by atoms with E-state index in [4.69, 9.17) is 21.1 Å². The first-order valence-corrected chi connectivity index (χ1v) is 10.6. The standard InChI is InChI=1S/C24H26ClNO5/c1-4-5-8-13-26-21(16-9-6-7-10-18(16)30-2)20(23(28)24(26)29)22(27)17-14-15(25)11-12-19(17)31-3/h6-7,9-12,14,21,27H,4-5,8,13H2,1-3H3/b22-20+. The molecule has 1 aliphatic rings. The maximum Gasteiger partial charge on any atom is 0.295 e. The fourth-order valence-electron chi connectivity index (χ4n) is 3.87. The van der Waals surface area contributed by atoms with E-state index in [0.717, 1.165) is 19.3 Å². The quantitative estimate of drug-likeness (QED) is 0.270. The third kappa shape index (κ3) is 4.39. The number of nitrogens with zero attached hydrogens (tertiary/aromatic N) is 1. The van der Waals surface area contributed by atoms with Crippen LogP contribution in [0, 0.1) is 0 Å². The van der Waals surface area contributed by atoms with E-state index in [2.05, 4.69) is 6.92 Å². The Balaban J connectivity index is 2.23. The van der Waals surface area contributed by atoms with E-state index in [1.54, 1.807) is 24.3 Å². The summed E-state index contributed by atoms with van der Waals surface area (Å²) in [5, 5.41) is 11.6. The summed E-state index contributed by atoms with van der Waals surface area (Å²) in [7, 11) is 2.99. The number of Topliss-reactive ketones (excluding diaryl/α,β-unsaturated/α-hetero) is 1. The van der Waals surface area contributed by atoms with Crippen molar-refractivity contribution in [3.05, 3.63) is 64.2 Å². The Morgan fingerprint density at radius 2 is 1.77 bits per heavy atom. The van der Waals surface area contributed by atoms with Gasteiger partial charge < -0.3 is 19.5 Å². The van der Waals surface area contributed by atoms with Crippen LogP contribution >= 0.6 is 11.6 Å². The second kappa shape index (κ2) is 9.88. The van der Waals surface area contributed by atoms with Gasteiger partial charge in [-0.1, -0.05) is 49.6 Å². The first-order valence-electron chi connectivity index (χ1n) is 10.2. The molecule has 0 bridgehead atoms. The normalized spacial score (nSPS) is 17.8. The van der Waals surface area contributed by atoms with E-state index in [1.807, 2.05) is 12.1 Å². The summed E-state index contributed by atoms with van der Waals surface area (Å²) in [5.74, 6) is -0.843. The largest absolute Gasteiger partial charge is 0.507 e. The number of para-hydroxylation sites is 1. The number of ketones is 1. The smallest absolute Gasteiger partial charge is 0.295 e. The zero-order chi connectivity index (χ0) is 22.5. The number of likely N-dealkylation sites (tertiary alicyclic amines) is 1. The van der Waals surface area contributed by atoms with Crippen LogP contribution in [-0.2, 0) is 9.59 Å². The Labute approximate surface area is 187 Å². The minimum Gasteiger partial charge on any atom is -0.507 e. The number of amides is 1. The van der Waals surface area contributed by atoms with Crippen LogP contribution in [0.1, 0.15) is 43.4 Å². The molecule has 31 heavy (non-hydrogen) atoms. The fraction of sp³-hybridized carbons (Fsp3) is 0.333. The van der Waals surface area contributed by atoms with E-state index in [-0.39, 0.29) is 16.9 Å². The molecule has 1 atom stereocenters. The van der Waals surface area contributed by atoms with Crippen molar-refractivity contribution in [1.82, 2.24) is 4.90 Å². The summed E-state index contributed by atoms with van der Waals surface area (Å²) in [4.78, 5) is 27.6. The average molecular weight is 444 g/mol. The predicted octanol–water partition coefficient (Wildman–Crippen LogP) is 4.97. The maximum atomic E-state index is 13.1. The number of halogens is 1. The topological polar surface area (TPSA) is 76.1 Å². The van der Waals surface area contributed by atoms with Gasteiger partial charge in [0.25, 0.3) is 11.7 Å². The molecule has 1 amide bonds. The molecule has 0 radical (unpaired) electrons. The van der Waals surface area contributed by atoms with Crippen LogP contribution in [0.5, 0.6) is 11.5 Å². The lowest BCUT2D eigenvalue weighted by molar-refractivity contribution is -0.139. The molecular formula is C24H26ClNO5. The minimum absolute atomic E-state index is 0.00781. The summed E-state index contributed by atoms with van der Waals surface area (Å²) in [6.45, 7) is 2.46. The van der Waals surface area contributed by atoms with Crippen LogP contribution in [0.25, 0.3) is 5.76 Å². The molecule has 0 aliphatic carbocycles. The molecular weight excluding hydrogens is 418 g/mol. The number of carbonyl (C=O) groups is 2. The summed E-state index contributed by atoms with van der Waals surface area (Å²) >= 11 is 6.13. The van der Waals surface area contributed by atoms with Crippen LogP contribution in [0.15, 0.2) is 48.0 Å². The van der Waals surface area contributed by atoms with Gasteiger partial charge in [0.15, 0.2) is 0 Å². The number of aliphatic hydroxyl groups is 1. The van der Waals surface area contributed by atoms with Gasteiger partial charge in [0, 0.05) is 17.1 Å². The SMILES string of the molecule is CCCCCN1C(=O)C(=O)/C(=C(/O)c2cc(Cl)ccc2OC)C1c1ccccc1OC. The van der Waals surface area contributed by atoms with Gasteiger partial charge in [-0.15, -0.1) is 0 Å². The molecule has 1 N–H and O–H groups in total. The second-order valence-corrected chi connectivity index (χ2v) is 7.72. The number of aliphatic hydroxyl groups excluding tert-OH is 1. The van der Waals surface area contributed by atoms with E-state index in [9.17, 15) is 14.7 Å². The number of hydrogen-bond donors (Lipinski definition) is 1. The van der Waals surface area contributed by atoms with E-state index in [1.165, 1.54) is 25.2 Å². The first kappa shape index (κ1) is 22.7. The van der Waals surface area contributed by atoms with E-state index in [0.29, 0.717) is 28.6 Å². The highest BCUT2D eigenvalue weighted by atomic mass is 35.5. The first-order chi connectivity index (χ1) is 14.9. The lowest BCUT2D eigenvalue weighted by atomic mass is 9.94. The number of ether oxygens (including phenoxy) is 2. The summed E-state index contributed by atoms with van der Waals surface area (Å²) < 4.78 is 10.8. The molecule has 0 saturated carbocycles. The van der Waals surface area contributed by atoms with Crippen molar-refractivity contribution in [3.8, 4) is 11.5 Å². The maximum absolute atomic E-state index is 13.1. The molecule has 1 unspecified atom stereocenters. The Kier molecular flexibility index (Phi) is 7.23. The number of carbonyl (C=O) groups excluding carboxylic acids is 2. The van der Waals surface area contributed by atoms with Crippen molar-refractivity contribution in [2.75, 3.05) is 20.8 Å². The van der Waals surface area contributed by atoms with E-state index >= 15 is 0 Å². The fourth-order valence-corrected chi connectivity index (χ4v) is 4.04. The second-order valence-electron chi connectivity index (χ2n) is 7.29. The lowest BCUT2D eigenvalue weighted by Crippen LogP contribution is -2.30. The molecule has 1 heterocycles. The van der Waals surface area contributed by atoms with Gasteiger partial charge in [-0.3, -0.25) is 9.59 Å². The van der Waals surface area contributed by atoms with E-state index < -0.39 is 17.7 Å². The predicted molar refractivity (Wildman–Crippen MR) is 120 cm³/mol. The van der Waals surface area contributed by atoms with Crippen molar-refractivity contribution < 1.29 is 24.2 Å². The Morgan fingerprint density at radius 3 is 2.45 bits per heavy atom. The van der Waals surface area contributed by atoms with Crippen LogP contribution in [-0.4, -0.2) is 42.5 Å². The zero-order valence-corrected chi connectivity index (χ0v) is 18.6. The van der Waals surface area contributed by atoms with Gasteiger partial charge in [0.05, 0.1) is 31.4 Å². The van der Waals surface area contributed by atoms with Gasteiger partial charge in [-0.25, -0.2) is 0 Å². The minimum atomic E-state index is -0.781. The summed E-state index contributed by atoms with van der Waals surface area (Å²) in [5.41, 5.74) is 0.872. The van der Waals surface area contributed by atoms with Crippen molar-refractivity contribution in [3.63, 3.8) is 0 Å². The van der Waals surface area contributed by atoms with Crippen molar-refractivity contribution in [1.29, 1.82) is 0 Å². The van der Waals surface area contributed by atoms with Gasteiger partial charge in [0.1, 0.15) is 17.3 Å². The van der Waals surface area contributed by atoms with Crippen molar-refractivity contribution in [2.45, 2.75) is 32.2 Å². The average Bonchev–Trinajstić information content (AvgIpc) is 3.03. The number of unbranched alkanes of at least 4 members (excludes halogenated alkanes) is 2. The number of rotatable bonds is 8. The molecule has 0 aromatic heterocycles. The molecule has 1 fully saturated rings. The molecule has 7 heteroatoms. The molecule has 1 saturated heterocycles. The highest BCUT2D eigenvalue weighted by molar-refractivity contribution is 6.46. The Bertz CT molecular complexity index is 1020.